The summed E-state index contributed by atoms with van der Waals surface area (Å²) in [6, 6.07) is 0. The van der Waals surface area contributed by atoms with Gasteiger partial charge in [0.25, 0.3) is 5.97 Å². The Morgan fingerprint density at radius 1 is 1.50 bits per heavy atom. The van der Waals surface area contributed by atoms with Crippen LogP contribution in [0.2, 0.25) is 0 Å². The molecule has 0 bridgehead atoms. The molecule has 62 valence electrons. The summed E-state index contributed by atoms with van der Waals surface area (Å²) in [5.41, 5.74) is 0. The molecule has 3 nitrogen and oxygen atoms in total. The van der Waals surface area contributed by atoms with Gasteiger partial charge in [-0.15, -0.1) is 0 Å². The third-order valence-corrected chi connectivity index (χ3v) is 1.63. The molecule has 5 heteroatoms. The van der Waals surface area contributed by atoms with Crippen LogP contribution in [-0.4, -0.2) is 26.5 Å². The number of aliphatic hydroxyl groups is 2. The summed E-state index contributed by atoms with van der Waals surface area (Å²) < 4.78 is 4.75. The van der Waals surface area contributed by atoms with Crippen LogP contribution in [0.25, 0.3) is 0 Å². The smallest absolute Gasteiger partial charge is 0.274 e. The molecule has 10 heavy (non-hydrogen) atoms. The molecule has 0 radical (unpaired) electrons. The molecule has 0 aliphatic rings. The standard InChI is InChI=1S/C5H10Br2O3/c1-5(8,9)10-3-2-4(6)7/h4,8-9H,2-3H2,1H3. The van der Waals surface area contributed by atoms with Gasteiger partial charge in [0.05, 0.1) is 10.3 Å². The molecule has 0 spiro atoms. The Morgan fingerprint density at radius 3 is 2.30 bits per heavy atom. The van der Waals surface area contributed by atoms with Crippen LogP contribution >= 0.6 is 31.9 Å². The number of rotatable bonds is 4. The zero-order valence-electron chi connectivity index (χ0n) is 5.55. The Labute approximate surface area is 76.6 Å². The van der Waals surface area contributed by atoms with Crippen LogP contribution in [0, 0.1) is 0 Å². The summed E-state index contributed by atoms with van der Waals surface area (Å²) >= 11 is 6.43. The van der Waals surface area contributed by atoms with Gasteiger partial charge in [0, 0.05) is 6.92 Å². The first kappa shape index (κ1) is 10.8. The van der Waals surface area contributed by atoms with Crippen molar-refractivity contribution in [2.24, 2.45) is 0 Å². The third kappa shape index (κ3) is 8.84. The molecule has 0 aliphatic carbocycles. The third-order valence-electron chi connectivity index (χ3n) is 0.712. The maximum absolute atomic E-state index is 8.63. The Kier molecular flexibility index (Phi) is 5.06. The lowest BCUT2D eigenvalue weighted by atomic mass is 10.5. The molecule has 2 N–H and O–H groups in total. The monoisotopic (exact) mass is 276 g/mol. The van der Waals surface area contributed by atoms with Crippen molar-refractivity contribution in [2.75, 3.05) is 6.61 Å². The van der Waals surface area contributed by atoms with Gasteiger partial charge in [-0.2, -0.15) is 0 Å². The van der Waals surface area contributed by atoms with E-state index in [4.69, 9.17) is 10.2 Å². The van der Waals surface area contributed by atoms with Crippen molar-refractivity contribution in [3.05, 3.63) is 0 Å². The molecular weight excluding hydrogens is 268 g/mol. The molecule has 0 aliphatic heterocycles. The second kappa shape index (κ2) is 4.66. The van der Waals surface area contributed by atoms with Gasteiger partial charge in [0.15, 0.2) is 0 Å². The number of hydrogen-bond donors (Lipinski definition) is 2. The second-order valence-corrected chi connectivity index (χ2v) is 5.40. The van der Waals surface area contributed by atoms with E-state index in [0.29, 0.717) is 13.0 Å². The van der Waals surface area contributed by atoms with E-state index in [0.717, 1.165) is 0 Å². The van der Waals surface area contributed by atoms with Crippen LogP contribution in [0.3, 0.4) is 0 Å². The van der Waals surface area contributed by atoms with E-state index >= 15 is 0 Å². The van der Waals surface area contributed by atoms with E-state index in [1.54, 1.807) is 0 Å². The predicted octanol–water partition coefficient (Wildman–Crippen LogP) is 1.17. The number of ether oxygens (including phenoxy) is 1. The van der Waals surface area contributed by atoms with Gasteiger partial charge in [-0.3, -0.25) is 0 Å². The minimum atomic E-state index is -2.01. The van der Waals surface area contributed by atoms with Crippen molar-refractivity contribution < 1.29 is 14.9 Å². The average Bonchev–Trinajstić information content (AvgIpc) is 1.59. The summed E-state index contributed by atoms with van der Waals surface area (Å²) in [6.07, 6.45) is 0.677. The fraction of sp³-hybridized carbons (Fsp3) is 1.00. The molecule has 0 aromatic carbocycles. The topological polar surface area (TPSA) is 49.7 Å². The van der Waals surface area contributed by atoms with Crippen LogP contribution in [0.4, 0.5) is 0 Å². The van der Waals surface area contributed by atoms with Gasteiger partial charge >= 0.3 is 0 Å². The largest absolute Gasteiger partial charge is 0.344 e. The highest BCUT2D eigenvalue weighted by Crippen LogP contribution is 2.13. The van der Waals surface area contributed by atoms with E-state index in [-0.39, 0.29) is 3.74 Å². The normalized spacial score (nSPS) is 12.6. The lowest BCUT2D eigenvalue weighted by molar-refractivity contribution is -0.324. The first-order chi connectivity index (χ1) is 4.42. The maximum Gasteiger partial charge on any atom is 0.274 e. The van der Waals surface area contributed by atoms with Crippen molar-refractivity contribution in [3.8, 4) is 0 Å². The van der Waals surface area contributed by atoms with Crippen LogP contribution < -0.4 is 0 Å². The lowest BCUT2D eigenvalue weighted by Crippen LogP contribution is -2.27. The summed E-state index contributed by atoms with van der Waals surface area (Å²) in [6.45, 7) is 1.47. The quantitative estimate of drug-likeness (QED) is 0.599. The Bertz CT molecular complexity index is 89.4. The van der Waals surface area contributed by atoms with Gasteiger partial charge in [-0.25, -0.2) is 0 Å². The molecule has 0 aromatic rings. The predicted molar refractivity (Wildman–Crippen MR) is 45.1 cm³/mol. The average molecular weight is 278 g/mol. The van der Waals surface area contributed by atoms with Gasteiger partial charge in [0.2, 0.25) is 0 Å². The second-order valence-electron chi connectivity index (χ2n) is 1.96. The number of hydrogen-bond acceptors (Lipinski definition) is 3. The number of alkyl halides is 2. The Balaban J connectivity index is 3.21. The molecule has 0 fully saturated rings. The SMILES string of the molecule is CC(O)(O)OCCC(Br)Br. The zero-order chi connectivity index (χ0) is 8.20. The van der Waals surface area contributed by atoms with E-state index in [1.165, 1.54) is 6.92 Å². The lowest BCUT2D eigenvalue weighted by Gasteiger charge is -2.16. The molecule has 0 atom stereocenters. The van der Waals surface area contributed by atoms with Crippen LogP contribution in [0.1, 0.15) is 13.3 Å². The Hall–Kier alpha value is 0.840. The molecule has 0 amide bonds. The summed E-state index contributed by atoms with van der Waals surface area (Å²) in [7, 11) is 0. The van der Waals surface area contributed by atoms with Crippen molar-refractivity contribution in [1.82, 2.24) is 0 Å². The molecule has 0 unspecified atom stereocenters. The van der Waals surface area contributed by atoms with Crippen molar-refractivity contribution >= 4 is 31.9 Å². The van der Waals surface area contributed by atoms with Crippen molar-refractivity contribution in [2.45, 2.75) is 23.1 Å². The minimum absolute atomic E-state index is 0.155. The molecule has 0 saturated carbocycles. The maximum atomic E-state index is 8.63. The molecule has 0 saturated heterocycles. The van der Waals surface area contributed by atoms with Gasteiger partial charge in [0.1, 0.15) is 0 Å². The highest BCUT2D eigenvalue weighted by molar-refractivity contribution is 9.24. The fourth-order valence-corrected chi connectivity index (χ4v) is 0.715. The van der Waals surface area contributed by atoms with Crippen molar-refractivity contribution in [3.63, 3.8) is 0 Å². The van der Waals surface area contributed by atoms with Gasteiger partial charge in [-0.05, 0) is 6.42 Å². The molecule has 0 heterocycles. The van der Waals surface area contributed by atoms with E-state index in [1.807, 2.05) is 0 Å². The van der Waals surface area contributed by atoms with Gasteiger partial charge in [-0.1, -0.05) is 31.9 Å². The molecule has 0 aromatic heterocycles. The van der Waals surface area contributed by atoms with Crippen LogP contribution in [0.5, 0.6) is 0 Å². The van der Waals surface area contributed by atoms with Crippen LogP contribution in [0.15, 0.2) is 0 Å². The highest BCUT2D eigenvalue weighted by atomic mass is 79.9. The minimum Gasteiger partial charge on any atom is -0.344 e. The zero-order valence-corrected chi connectivity index (χ0v) is 8.72. The van der Waals surface area contributed by atoms with E-state index < -0.39 is 5.97 Å². The summed E-state index contributed by atoms with van der Waals surface area (Å²) in [5, 5.41) is 17.3. The Morgan fingerprint density at radius 2 is 2.00 bits per heavy atom. The summed E-state index contributed by atoms with van der Waals surface area (Å²) in [4.78, 5) is 0. The highest BCUT2D eigenvalue weighted by Gasteiger charge is 2.14. The van der Waals surface area contributed by atoms with E-state index in [9.17, 15) is 0 Å². The molecular formula is C5H10Br2O3. The summed E-state index contributed by atoms with van der Waals surface area (Å²) in [5.74, 6) is -2.01. The van der Waals surface area contributed by atoms with Gasteiger partial charge < -0.3 is 14.9 Å². The van der Waals surface area contributed by atoms with E-state index in [2.05, 4.69) is 36.6 Å². The first-order valence-corrected chi connectivity index (χ1v) is 4.62. The van der Waals surface area contributed by atoms with Crippen LogP contribution in [-0.2, 0) is 4.74 Å². The fourth-order valence-electron chi connectivity index (χ4n) is 0.341. The molecule has 0 rings (SSSR count). The number of halogens is 2. The van der Waals surface area contributed by atoms with Crippen molar-refractivity contribution in [1.29, 1.82) is 0 Å². The first-order valence-electron chi connectivity index (χ1n) is 2.78.